The first kappa shape index (κ1) is 36.9. The van der Waals surface area contributed by atoms with Crippen molar-refractivity contribution >= 4 is 0 Å². The zero-order valence-corrected chi connectivity index (χ0v) is 29.5. The number of hydrogen-bond acceptors (Lipinski definition) is 6. The third-order valence-corrected chi connectivity index (χ3v) is 7.41. The molecule has 2 rings (SSSR count). The van der Waals surface area contributed by atoms with Crippen LogP contribution in [0.4, 0.5) is 0 Å². The van der Waals surface area contributed by atoms with Crippen molar-refractivity contribution in [2.24, 2.45) is 16.2 Å². The van der Waals surface area contributed by atoms with E-state index in [1.54, 1.807) is 6.20 Å². The summed E-state index contributed by atoms with van der Waals surface area (Å²) in [4.78, 5) is 4.43. The first-order valence-corrected chi connectivity index (χ1v) is 16.3. The molecule has 0 saturated carbocycles. The number of nitrogens with zero attached hydrogens (tertiary/aromatic N) is 1. The van der Waals surface area contributed by atoms with Crippen LogP contribution in [0, 0.1) is 16.2 Å². The second-order valence-corrected chi connectivity index (χ2v) is 16.3. The maximum Gasteiger partial charge on any atom is 0.213 e. The first-order valence-electron chi connectivity index (χ1n) is 16.3. The molecule has 2 N–H and O–H groups in total. The number of benzene rings is 1. The van der Waals surface area contributed by atoms with E-state index in [-0.39, 0.29) is 34.0 Å². The van der Waals surface area contributed by atoms with Gasteiger partial charge in [-0.3, -0.25) is 0 Å². The van der Waals surface area contributed by atoms with Crippen molar-refractivity contribution in [2.45, 2.75) is 127 Å². The Bertz CT molecular complexity index is 1070. The number of rotatable bonds is 18. The van der Waals surface area contributed by atoms with E-state index in [0.29, 0.717) is 12.5 Å². The fourth-order valence-corrected chi connectivity index (χ4v) is 4.54. The molecule has 6 nitrogen and oxygen atoms in total. The average Bonchev–Trinajstić information content (AvgIpc) is 2.89. The topological polar surface area (TPSA) is 64.6 Å². The molecule has 0 fully saturated rings. The molecular weight excluding hydrogens is 534 g/mol. The van der Waals surface area contributed by atoms with Crippen LogP contribution in [0.5, 0.6) is 17.4 Å². The normalized spacial score (nSPS) is 14.3. The maximum atomic E-state index is 6.21. The van der Waals surface area contributed by atoms with Crippen LogP contribution >= 0.6 is 0 Å². The molecule has 1 heterocycles. The van der Waals surface area contributed by atoms with E-state index in [1.807, 2.05) is 12.1 Å². The minimum atomic E-state index is 0.00705. The predicted molar refractivity (Wildman–Crippen MR) is 182 cm³/mol. The van der Waals surface area contributed by atoms with Crippen molar-refractivity contribution in [3.63, 3.8) is 0 Å². The molecule has 43 heavy (non-hydrogen) atoms. The zero-order chi connectivity index (χ0) is 32.3. The van der Waals surface area contributed by atoms with Crippen LogP contribution in [0.15, 0.2) is 42.6 Å². The third-order valence-electron chi connectivity index (χ3n) is 7.41. The van der Waals surface area contributed by atoms with E-state index < -0.39 is 0 Å². The van der Waals surface area contributed by atoms with Gasteiger partial charge in [0.15, 0.2) is 0 Å². The van der Waals surface area contributed by atoms with Gasteiger partial charge >= 0.3 is 0 Å². The van der Waals surface area contributed by atoms with Gasteiger partial charge in [0.1, 0.15) is 23.7 Å². The van der Waals surface area contributed by atoms with Gasteiger partial charge in [0.2, 0.25) is 5.88 Å². The summed E-state index contributed by atoms with van der Waals surface area (Å²) in [6, 6.07) is 12.4. The first-order chi connectivity index (χ1) is 19.8. The van der Waals surface area contributed by atoms with Gasteiger partial charge in [-0.25, -0.2) is 4.98 Å². The lowest BCUT2D eigenvalue weighted by atomic mass is 9.79. The van der Waals surface area contributed by atoms with Crippen LogP contribution in [-0.2, 0) is 6.42 Å². The van der Waals surface area contributed by atoms with Crippen molar-refractivity contribution in [2.75, 3.05) is 26.2 Å². The molecule has 1 aromatic heterocycles. The van der Waals surface area contributed by atoms with E-state index in [0.717, 1.165) is 56.8 Å². The SMILES string of the molecule is C[C@H](CNCC(C)(C)C)Oc1cccc(CCC(C)(C)CCC(C)(C)NC[C@H](C)Oc2ccc(OCC(C)(C)C)cn2)c1. The number of nitrogens with one attached hydrogen (secondary N) is 2. The Hall–Kier alpha value is -2.31. The smallest absolute Gasteiger partial charge is 0.213 e. The van der Waals surface area contributed by atoms with E-state index >= 15 is 0 Å². The Balaban J connectivity index is 1.74. The minimum absolute atomic E-state index is 0.00705. The molecule has 0 aliphatic rings. The summed E-state index contributed by atoms with van der Waals surface area (Å²) in [5.41, 5.74) is 1.98. The van der Waals surface area contributed by atoms with Crippen LogP contribution in [0.2, 0.25) is 0 Å². The van der Waals surface area contributed by atoms with Crippen molar-refractivity contribution < 1.29 is 14.2 Å². The van der Waals surface area contributed by atoms with E-state index in [2.05, 4.69) is 123 Å². The van der Waals surface area contributed by atoms with Crippen LogP contribution in [0.1, 0.15) is 108 Å². The Morgan fingerprint density at radius 3 is 2.07 bits per heavy atom. The van der Waals surface area contributed by atoms with Crippen molar-refractivity contribution in [3.05, 3.63) is 48.2 Å². The Kier molecular flexibility index (Phi) is 13.8. The second kappa shape index (κ2) is 16.1. The highest BCUT2D eigenvalue weighted by atomic mass is 16.5. The zero-order valence-electron chi connectivity index (χ0n) is 29.5. The van der Waals surface area contributed by atoms with Crippen LogP contribution < -0.4 is 24.8 Å². The largest absolute Gasteiger partial charge is 0.491 e. The van der Waals surface area contributed by atoms with Gasteiger partial charge < -0.3 is 24.8 Å². The Morgan fingerprint density at radius 2 is 1.44 bits per heavy atom. The lowest BCUT2D eigenvalue weighted by molar-refractivity contribution is 0.179. The molecule has 0 bridgehead atoms. The quantitative estimate of drug-likeness (QED) is 0.180. The van der Waals surface area contributed by atoms with Crippen molar-refractivity contribution in [1.29, 1.82) is 0 Å². The minimum Gasteiger partial charge on any atom is -0.491 e. The number of ether oxygens (including phenoxy) is 3. The highest BCUT2D eigenvalue weighted by Gasteiger charge is 2.25. The molecular formula is C37H63N3O3. The summed E-state index contributed by atoms with van der Waals surface area (Å²) >= 11 is 0. The van der Waals surface area contributed by atoms with E-state index in [1.165, 1.54) is 5.56 Å². The van der Waals surface area contributed by atoms with Crippen LogP contribution in [0.25, 0.3) is 0 Å². The predicted octanol–water partition coefficient (Wildman–Crippen LogP) is 8.48. The van der Waals surface area contributed by atoms with E-state index in [9.17, 15) is 0 Å². The average molecular weight is 598 g/mol. The molecule has 244 valence electrons. The van der Waals surface area contributed by atoms with Gasteiger partial charge in [-0.05, 0) is 93.4 Å². The molecule has 2 aromatic rings. The summed E-state index contributed by atoms with van der Waals surface area (Å²) in [5.74, 6) is 2.35. The fraction of sp³-hybridized carbons (Fsp3) is 0.703. The molecule has 2 atom stereocenters. The number of hydrogen-bond donors (Lipinski definition) is 2. The number of aromatic nitrogens is 1. The molecule has 0 saturated heterocycles. The van der Waals surface area contributed by atoms with Crippen molar-refractivity contribution in [3.8, 4) is 17.4 Å². The summed E-state index contributed by atoms with van der Waals surface area (Å²) < 4.78 is 18.1. The van der Waals surface area contributed by atoms with Gasteiger partial charge in [0.25, 0.3) is 0 Å². The highest BCUT2D eigenvalue weighted by molar-refractivity contribution is 5.29. The fourth-order valence-electron chi connectivity index (χ4n) is 4.54. The van der Waals surface area contributed by atoms with Crippen molar-refractivity contribution in [1.82, 2.24) is 15.6 Å². The second-order valence-electron chi connectivity index (χ2n) is 16.3. The summed E-state index contributed by atoms with van der Waals surface area (Å²) in [7, 11) is 0. The molecule has 0 aliphatic carbocycles. The molecule has 0 aliphatic heterocycles. The summed E-state index contributed by atoms with van der Waals surface area (Å²) in [6.07, 6.45) is 6.30. The van der Waals surface area contributed by atoms with E-state index in [4.69, 9.17) is 14.2 Å². The summed E-state index contributed by atoms with van der Waals surface area (Å²) in [6.45, 7) is 30.0. The Morgan fingerprint density at radius 1 is 0.744 bits per heavy atom. The maximum absolute atomic E-state index is 6.21. The third kappa shape index (κ3) is 16.9. The molecule has 0 amide bonds. The molecule has 0 radical (unpaired) electrons. The molecule has 1 aromatic carbocycles. The van der Waals surface area contributed by atoms with Crippen LogP contribution in [-0.4, -0.2) is 49.0 Å². The standard InChI is InChI=1S/C37H63N3O3/c1-28(23-38-26-34(3,4)5)42-31-15-13-14-30(22-31)18-19-36(9,10)20-21-37(11,12)40-24-29(2)43-33-17-16-32(25-39-33)41-27-35(6,7)8/h13-17,22,25,28-29,38,40H,18-21,23-24,26-27H2,1-12H3/t28-,29+/m1/s1. The van der Waals surface area contributed by atoms with Gasteiger partial charge in [-0.1, -0.05) is 67.5 Å². The lowest BCUT2D eigenvalue weighted by Gasteiger charge is -2.33. The van der Waals surface area contributed by atoms with Crippen LogP contribution in [0.3, 0.4) is 0 Å². The Labute approximate surface area is 264 Å². The lowest BCUT2D eigenvalue weighted by Crippen LogP contribution is -2.44. The molecule has 0 spiro atoms. The van der Waals surface area contributed by atoms with Gasteiger partial charge in [0, 0.05) is 31.2 Å². The summed E-state index contributed by atoms with van der Waals surface area (Å²) in [5, 5.41) is 7.25. The highest BCUT2D eigenvalue weighted by Crippen LogP contribution is 2.32. The number of aryl methyl sites for hydroxylation is 1. The monoisotopic (exact) mass is 597 g/mol. The molecule has 0 unspecified atom stereocenters. The van der Waals surface area contributed by atoms with Gasteiger partial charge in [0.05, 0.1) is 12.8 Å². The molecule has 6 heteroatoms. The van der Waals surface area contributed by atoms with Gasteiger partial charge in [-0.2, -0.15) is 0 Å². The van der Waals surface area contributed by atoms with Gasteiger partial charge in [-0.15, -0.1) is 0 Å². The number of pyridine rings is 1.